The number of aromatic hydroxyl groups is 1. The second kappa shape index (κ2) is 3.31. The summed E-state index contributed by atoms with van der Waals surface area (Å²) in [6.45, 7) is 0.665. The standard InChI is InChI=1S/C10H9N2O/c13-10-4-1-3-9(7-10)8-12-6-2-5-11-12/h1-4,6-7,13H,8H2. The molecule has 0 aliphatic carbocycles. The first kappa shape index (κ1) is 7.86. The maximum atomic E-state index is 9.20. The van der Waals surface area contributed by atoms with E-state index in [1.54, 1.807) is 22.9 Å². The number of phenolic OH excluding ortho intramolecular Hbond substituents is 1. The lowest BCUT2D eigenvalue weighted by Crippen LogP contribution is -1.99. The predicted molar refractivity (Wildman–Crippen MR) is 48.3 cm³/mol. The largest absolute Gasteiger partial charge is 0.508 e. The van der Waals surface area contributed by atoms with Crippen molar-refractivity contribution in [2.75, 3.05) is 0 Å². The molecule has 1 aromatic heterocycles. The van der Waals surface area contributed by atoms with Gasteiger partial charge in [0.05, 0.1) is 6.54 Å². The molecular weight excluding hydrogens is 164 g/mol. The monoisotopic (exact) mass is 173 g/mol. The van der Waals surface area contributed by atoms with Crippen LogP contribution in [0.15, 0.2) is 36.5 Å². The summed E-state index contributed by atoms with van der Waals surface area (Å²) in [6, 6.07) is 8.89. The molecule has 0 amide bonds. The van der Waals surface area contributed by atoms with Crippen LogP contribution in [-0.4, -0.2) is 14.9 Å². The zero-order valence-electron chi connectivity index (χ0n) is 7.01. The summed E-state index contributed by atoms with van der Waals surface area (Å²) in [6.07, 6.45) is 4.55. The highest BCUT2D eigenvalue weighted by molar-refractivity contribution is 5.27. The van der Waals surface area contributed by atoms with Gasteiger partial charge in [-0.2, -0.15) is 5.10 Å². The Kier molecular flexibility index (Phi) is 2.00. The lowest BCUT2D eigenvalue weighted by atomic mass is 10.2. The van der Waals surface area contributed by atoms with Crippen LogP contribution < -0.4 is 0 Å². The first-order chi connectivity index (χ1) is 6.34. The van der Waals surface area contributed by atoms with Gasteiger partial charge in [0.1, 0.15) is 11.9 Å². The van der Waals surface area contributed by atoms with Crippen LogP contribution in [0.25, 0.3) is 0 Å². The van der Waals surface area contributed by atoms with E-state index < -0.39 is 0 Å². The molecule has 1 aromatic carbocycles. The first-order valence-electron chi connectivity index (χ1n) is 4.02. The highest BCUT2D eigenvalue weighted by atomic mass is 16.3. The number of phenols is 1. The third-order valence-corrected chi connectivity index (χ3v) is 1.76. The van der Waals surface area contributed by atoms with Gasteiger partial charge in [-0.25, -0.2) is 0 Å². The minimum absolute atomic E-state index is 0.286. The van der Waals surface area contributed by atoms with Gasteiger partial charge < -0.3 is 5.11 Å². The average Bonchev–Trinajstić information content (AvgIpc) is 2.57. The van der Waals surface area contributed by atoms with E-state index in [2.05, 4.69) is 11.3 Å². The molecule has 0 saturated carbocycles. The molecule has 2 rings (SSSR count). The number of hydrogen-bond donors (Lipinski definition) is 1. The van der Waals surface area contributed by atoms with Gasteiger partial charge in [-0.1, -0.05) is 12.1 Å². The van der Waals surface area contributed by atoms with E-state index in [1.807, 2.05) is 18.3 Å². The maximum Gasteiger partial charge on any atom is 0.115 e. The summed E-state index contributed by atoms with van der Waals surface area (Å²) in [5.41, 5.74) is 1.03. The van der Waals surface area contributed by atoms with Gasteiger partial charge in [-0.3, -0.25) is 4.68 Å². The van der Waals surface area contributed by atoms with E-state index in [-0.39, 0.29) is 5.75 Å². The summed E-state index contributed by atoms with van der Waals surface area (Å²) in [4.78, 5) is 0. The van der Waals surface area contributed by atoms with Crippen molar-refractivity contribution in [2.24, 2.45) is 0 Å². The molecule has 1 radical (unpaired) electrons. The Morgan fingerprint density at radius 3 is 3.08 bits per heavy atom. The van der Waals surface area contributed by atoms with Gasteiger partial charge in [0.2, 0.25) is 0 Å². The molecule has 0 spiro atoms. The molecule has 0 atom stereocenters. The zero-order valence-corrected chi connectivity index (χ0v) is 7.01. The van der Waals surface area contributed by atoms with Crippen LogP contribution in [0.3, 0.4) is 0 Å². The minimum atomic E-state index is 0.286. The maximum absolute atomic E-state index is 9.20. The smallest absolute Gasteiger partial charge is 0.115 e. The quantitative estimate of drug-likeness (QED) is 0.746. The number of benzene rings is 1. The van der Waals surface area contributed by atoms with E-state index in [0.29, 0.717) is 6.54 Å². The van der Waals surface area contributed by atoms with Crippen molar-refractivity contribution < 1.29 is 5.11 Å². The van der Waals surface area contributed by atoms with Crippen LogP contribution in [0.4, 0.5) is 0 Å². The average molecular weight is 173 g/mol. The Morgan fingerprint density at radius 2 is 2.38 bits per heavy atom. The van der Waals surface area contributed by atoms with Gasteiger partial charge in [0.15, 0.2) is 0 Å². The molecule has 13 heavy (non-hydrogen) atoms. The molecule has 0 fully saturated rings. The molecule has 0 aliphatic heterocycles. The number of hydrogen-bond acceptors (Lipinski definition) is 2. The molecule has 0 bridgehead atoms. The molecule has 65 valence electrons. The molecule has 3 heteroatoms. The van der Waals surface area contributed by atoms with Gasteiger partial charge in [0, 0.05) is 6.20 Å². The Bertz CT molecular complexity index is 382. The van der Waals surface area contributed by atoms with Crippen molar-refractivity contribution in [2.45, 2.75) is 6.54 Å². The van der Waals surface area contributed by atoms with Crippen molar-refractivity contribution >= 4 is 0 Å². The number of nitrogens with zero attached hydrogens (tertiary/aromatic N) is 2. The molecule has 0 saturated heterocycles. The first-order valence-corrected chi connectivity index (χ1v) is 4.02. The Labute approximate surface area is 76.3 Å². The highest BCUT2D eigenvalue weighted by Gasteiger charge is 1.95. The summed E-state index contributed by atoms with van der Waals surface area (Å²) in [5, 5.41) is 13.2. The Hall–Kier alpha value is -1.77. The molecule has 1 N–H and O–H groups in total. The molecule has 0 unspecified atom stereocenters. The van der Waals surface area contributed by atoms with Crippen LogP contribution >= 0.6 is 0 Å². The second-order valence-corrected chi connectivity index (χ2v) is 2.81. The molecule has 0 aliphatic rings. The van der Waals surface area contributed by atoms with Gasteiger partial charge >= 0.3 is 0 Å². The topological polar surface area (TPSA) is 38.0 Å². The van der Waals surface area contributed by atoms with E-state index in [0.717, 1.165) is 5.56 Å². The lowest BCUT2D eigenvalue weighted by molar-refractivity contribution is 0.474. The summed E-state index contributed by atoms with van der Waals surface area (Å²) in [7, 11) is 0. The minimum Gasteiger partial charge on any atom is -0.508 e. The van der Waals surface area contributed by atoms with Crippen molar-refractivity contribution in [1.29, 1.82) is 0 Å². The van der Waals surface area contributed by atoms with Crippen molar-refractivity contribution in [3.05, 3.63) is 48.3 Å². The molecule has 2 aromatic rings. The van der Waals surface area contributed by atoms with Crippen molar-refractivity contribution in [1.82, 2.24) is 9.78 Å². The normalized spacial score (nSPS) is 10.2. The predicted octanol–water partition coefficient (Wildman–Crippen LogP) is 1.44. The van der Waals surface area contributed by atoms with Crippen LogP contribution in [-0.2, 0) is 6.54 Å². The SMILES string of the molecule is Oc1cccc(Cn2cc[c]n2)c1. The fourth-order valence-corrected chi connectivity index (χ4v) is 1.19. The fraction of sp³-hybridized carbons (Fsp3) is 0.100. The lowest BCUT2D eigenvalue weighted by Gasteiger charge is -2.01. The number of rotatable bonds is 2. The Balaban J connectivity index is 2.19. The molecule has 1 heterocycles. The third kappa shape index (κ3) is 1.87. The van der Waals surface area contributed by atoms with Crippen LogP contribution in [0.5, 0.6) is 5.75 Å². The second-order valence-electron chi connectivity index (χ2n) is 2.81. The Morgan fingerprint density at radius 1 is 1.46 bits per heavy atom. The zero-order chi connectivity index (χ0) is 9.10. The van der Waals surface area contributed by atoms with E-state index in [9.17, 15) is 5.11 Å². The van der Waals surface area contributed by atoms with E-state index in [1.165, 1.54) is 0 Å². The summed E-state index contributed by atoms with van der Waals surface area (Å²) < 4.78 is 1.76. The van der Waals surface area contributed by atoms with E-state index in [4.69, 9.17) is 0 Å². The fourth-order valence-electron chi connectivity index (χ4n) is 1.19. The van der Waals surface area contributed by atoms with Crippen LogP contribution in [0.2, 0.25) is 0 Å². The van der Waals surface area contributed by atoms with Crippen LogP contribution in [0.1, 0.15) is 5.56 Å². The van der Waals surface area contributed by atoms with Crippen LogP contribution in [0, 0.1) is 6.20 Å². The van der Waals surface area contributed by atoms with Gasteiger partial charge in [0.25, 0.3) is 0 Å². The van der Waals surface area contributed by atoms with Gasteiger partial charge in [-0.05, 0) is 23.8 Å². The van der Waals surface area contributed by atoms with Crippen molar-refractivity contribution in [3.63, 3.8) is 0 Å². The molecular formula is C10H9N2O. The summed E-state index contributed by atoms with van der Waals surface area (Å²) >= 11 is 0. The highest BCUT2D eigenvalue weighted by Crippen LogP contribution is 2.11. The van der Waals surface area contributed by atoms with E-state index >= 15 is 0 Å². The third-order valence-electron chi connectivity index (χ3n) is 1.76. The summed E-state index contributed by atoms with van der Waals surface area (Å²) in [5.74, 6) is 0.286. The number of aromatic nitrogens is 2. The van der Waals surface area contributed by atoms with Crippen molar-refractivity contribution in [3.8, 4) is 5.75 Å². The molecule has 3 nitrogen and oxygen atoms in total. The van der Waals surface area contributed by atoms with Gasteiger partial charge in [-0.15, -0.1) is 0 Å².